The number of rotatable bonds is 23. The van der Waals surface area contributed by atoms with Gasteiger partial charge in [0, 0.05) is 20.4 Å². The molecule has 0 N–H and O–H groups in total. The molecule has 0 bridgehead atoms. The molecule has 0 fully saturated rings. The maximum absolute atomic E-state index is 5.25. The SMILES string of the molecule is CCCCCCCCCCCC/C=C/C(=N\c1cc(CCC)cc(CCC)c1)C(/C)=N/c1cc(CCC)cc(CCC)c1.[Pd]. The van der Waals surface area contributed by atoms with Crippen molar-refractivity contribution in [1.82, 2.24) is 0 Å². The van der Waals surface area contributed by atoms with Gasteiger partial charge in [0.15, 0.2) is 0 Å². The predicted molar refractivity (Wildman–Crippen MR) is 194 cm³/mol. The van der Waals surface area contributed by atoms with Crippen molar-refractivity contribution in [1.29, 1.82) is 0 Å². The van der Waals surface area contributed by atoms with Crippen molar-refractivity contribution in [2.45, 2.75) is 164 Å². The molecule has 0 radical (unpaired) electrons. The largest absolute Gasteiger partial charge is 0.251 e. The van der Waals surface area contributed by atoms with Crippen LogP contribution in [0.4, 0.5) is 11.4 Å². The summed E-state index contributed by atoms with van der Waals surface area (Å²) in [7, 11) is 0. The van der Waals surface area contributed by atoms with E-state index in [1.54, 1.807) is 0 Å². The van der Waals surface area contributed by atoms with Gasteiger partial charge in [0.2, 0.25) is 0 Å². The number of nitrogens with zero attached hydrogens (tertiary/aromatic N) is 2. The second-order valence-corrected chi connectivity index (χ2v) is 12.6. The van der Waals surface area contributed by atoms with Crippen LogP contribution in [0, 0.1) is 0 Å². The van der Waals surface area contributed by atoms with Crippen LogP contribution in [0.3, 0.4) is 0 Å². The van der Waals surface area contributed by atoms with E-state index in [9.17, 15) is 0 Å². The Labute approximate surface area is 286 Å². The van der Waals surface area contributed by atoms with E-state index in [1.165, 1.54) is 86.5 Å². The first kappa shape index (κ1) is 40.2. The van der Waals surface area contributed by atoms with Gasteiger partial charge in [-0.25, -0.2) is 4.99 Å². The summed E-state index contributed by atoms with van der Waals surface area (Å²) in [6, 6.07) is 13.9. The summed E-state index contributed by atoms with van der Waals surface area (Å²) < 4.78 is 0. The molecule has 0 spiro atoms. The zero-order valence-electron chi connectivity index (χ0n) is 29.3. The number of allylic oxidation sites excluding steroid dienone is 2. The Hall–Kier alpha value is -1.82. The number of hydrogen-bond donors (Lipinski definition) is 0. The Kier molecular flexibility index (Phi) is 23.2. The van der Waals surface area contributed by atoms with Gasteiger partial charge < -0.3 is 0 Å². The number of hydrogen-bond acceptors (Lipinski definition) is 2. The smallest absolute Gasteiger partial charge is 0.0845 e. The number of aliphatic imine (C=N–C) groups is 2. The molecule has 0 saturated heterocycles. The summed E-state index contributed by atoms with van der Waals surface area (Å²) in [5.41, 5.74) is 9.69. The molecule has 44 heavy (non-hydrogen) atoms. The van der Waals surface area contributed by atoms with Gasteiger partial charge >= 0.3 is 0 Å². The molecule has 0 aliphatic heterocycles. The number of aryl methyl sites for hydroxylation is 4. The molecule has 0 atom stereocenters. The van der Waals surface area contributed by atoms with Crippen molar-refractivity contribution in [3.63, 3.8) is 0 Å². The van der Waals surface area contributed by atoms with E-state index in [0.29, 0.717) is 0 Å². The maximum Gasteiger partial charge on any atom is 0.0845 e. The summed E-state index contributed by atoms with van der Waals surface area (Å²) in [5, 5.41) is 0. The normalized spacial score (nSPS) is 12.2. The molecule has 2 aromatic carbocycles. The molecule has 2 nitrogen and oxygen atoms in total. The van der Waals surface area contributed by atoms with E-state index in [-0.39, 0.29) is 20.4 Å². The monoisotopic (exact) mass is 690 g/mol. The third kappa shape index (κ3) is 17.0. The minimum atomic E-state index is 0. The van der Waals surface area contributed by atoms with E-state index in [4.69, 9.17) is 9.98 Å². The summed E-state index contributed by atoms with van der Waals surface area (Å²) in [4.78, 5) is 10.4. The molecule has 248 valence electrons. The Morgan fingerprint density at radius 2 is 0.886 bits per heavy atom. The van der Waals surface area contributed by atoms with E-state index < -0.39 is 0 Å². The van der Waals surface area contributed by atoms with Crippen LogP contribution in [0.1, 0.15) is 160 Å². The van der Waals surface area contributed by atoms with Gasteiger partial charge in [-0.1, -0.05) is 136 Å². The van der Waals surface area contributed by atoms with Gasteiger partial charge in [0.05, 0.1) is 22.8 Å². The minimum absolute atomic E-state index is 0. The van der Waals surface area contributed by atoms with E-state index in [0.717, 1.165) is 80.6 Å². The fourth-order valence-corrected chi connectivity index (χ4v) is 5.92. The van der Waals surface area contributed by atoms with Crippen LogP contribution in [-0.4, -0.2) is 11.4 Å². The van der Waals surface area contributed by atoms with Gasteiger partial charge in [0.1, 0.15) is 0 Å². The predicted octanol–water partition coefficient (Wildman–Crippen LogP) is 13.2. The van der Waals surface area contributed by atoms with Gasteiger partial charge in [-0.15, -0.1) is 0 Å². The van der Waals surface area contributed by atoms with E-state index in [1.807, 2.05) is 0 Å². The molecule has 2 rings (SSSR count). The first-order valence-electron chi connectivity index (χ1n) is 18.1. The Morgan fingerprint density at radius 3 is 1.30 bits per heavy atom. The van der Waals surface area contributed by atoms with Gasteiger partial charge in [0.25, 0.3) is 0 Å². The fraction of sp³-hybridized carbons (Fsp3) is 0.610. The average Bonchev–Trinajstić information content (AvgIpc) is 2.97. The van der Waals surface area contributed by atoms with Crippen molar-refractivity contribution in [3.05, 3.63) is 70.8 Å². The van der Waals surface area contributed by atoms with Crippen LogP contribution in [0.25, 0.3) is 0 Å². The third-order valence-electron chi connectivity index (χ3n) is 8.15. The summed E-state index contributed by atoms with van der Waals surface area (Å²) in [5.74, 6) is 0. The molecular formula is C41H64N2Pd. The Bertz CT molecular complexity index is 1080. The van der Waals surface area contributed by atoms with Gasteiger partial charge in [-0.2, -0.15) is 0 Å². The van der Waals surface area contributed by atoms with Crippen LogP contribution in [0.2, 0.25) is 0 Å². The van der Waals surface area contributed by atoms with Crippen LogP contribution in [0.15, 0.2) is 58.5 Å². The molecule has 0 aromatic heterocycles. The van der Waals surface area contributed by atoms with Crippen LogP contribution in [-0.2, 0) is 46.1 Å². The van der Waals surface area contributed by atoms with Crippen LogP contribution < -0.4 is 0 Å². The quantitative estimate of drug-likeness (QED) is 0.0630. The molecular weight excluding hydrogens is 627 g/mol. The van der Waals surface area contributed by atoms with Crippen molar-refractivity contribution in [2.24, 2.45) is 9.98 Å². The van der Waals surface area contributed by atoms with Crippen LogP contribution in [0.5, 0.6) is 0 Å². The summed E-state index contributed by atoms with van der Waals surface area (Å²) in [6.07, 6.45) is 28.4. The molecule has 0 amide bonds. The molecule has 3 heteroatoms. The topological polar surface area (TPSA) is 24.7 Å². The van der Waals surface area contributed by atoms with E-state index in [2.05, 4.69) is 90.1 Å². The molecule has 0 unspecified atom stereocenters. The number of unbranched alkanes of at least 4 members (excludes halogenated alkanes) is 10. The van der Waals surface area contributed by atoms with E-state index >= 15 is 0 Å². The third-order valence-corrected chi connectivity index (χ3v) is 8.15. The first-order valence-corrected chi connectivity index (χ1v) is 18.1. The fourth-order valence-electron chi connectivity index (χ4n) is 5.92. The van der Waals surface area contributed by atoms with Crippen molar-refractivity contribution >= 4 is 22.8 Å². The molecule has 0 aliphatic carbocycles. The summed E-state index contributed by atoms with van der Waals surface area (Å²) in [6.45, 7) is 13.5. The second kappa shape index (κ2) is 25.4. The van der Waals surface area contributed by atoms with Gasteiger partial charge in [-0.05, 0) is 98.0 Å². The number of benzene rings is 2. The van der Waals surface area contributed by atoms with Crippen molar-refractivity contribution < 1.29 is 20.4 Å². The molecule has 0 saturated carbocycles. The molecule has 0 aliphatic rings. The standard InChI is InChI=1S/C41H64N2.Pd/c1-7-12-13-14-15-16-17-18-19-20-21-22-27-41(43-40-32-37(25-10-4)29-38(33-40)26-11-5)34(6)42-39-30-35(23-8-2)28-36(31-39)24-9-3;/h22,27-33H,7-21,23-26H2,1-6H3;/b27-22+,42-34+,43-41+;. The zero-order valence-corrected chi connectivity index (χ0v) is 30.8. The maximum atomic E-state index is 5.25. The van der Waals surface area contributed by atoms with Crippen molar-refractivity contribution in [2.75, 3.05) is 0 Å². The summed E-state index contributed by atoms with van der Waals surface area (Å²) >= 11 is 0. The average molecular weight is 691 g/mol. The van der Waals surface area contributed by atoms with Crippen molar-refractivity contribution in [3.8, 4) is 0 Å². The van der Waals surface area contributed by atoms with Gasteiger partial charge in [-0.3, -0.25) is 4.99 Å². The zero-order chi connectivity index (χ0) is 31.1. The second-order valence-electron chi connectivity index (χ2n) is 12.6. The van der Waals surface area contributed by atoms with Crippen LogP contribution >= 0.6 is 0 Å². The minimum Gasteiger partial charge on any atom is -0.251 e. The first-order chi connectivity index (χ1) is 21.0. The Morgan fingerprint density at radius 1 is 0.500 bits per heavy atom. The molecule has 2 aromatic rings. The molecule has 0 heterocycles. The Balaban J connectivity index is 0.00000968.